The van der Waals surface area contributed by atoms with Gasteiger partial charge in [0.2, 0.25) is 10.0 Å². The monoisotopic (exact) mass is 595 g/mol. The molecule has 224 valence electrons. The summed E-state index contributed by atoms with van der Waals surface area (Å²) in [6.07, 6.45) is 4.14. The van der Waals surface area contributed by atoms with E-state index in [4.69, 9.17) is 14.2 Å². The molecule has 2 amide bonds. The number of anilines is 1. The topological polar surface area (TPSA) is 123 Å². The summed E-state index contributed by atoms with van der Waals surface area (Å²) in [4.78, 5) is 26.6. The van der Waals surface area contributed by atoms with E-state index in [0.717, 1.165) is 31.2 Å². The number of benzene rings is 3. The van der Waals surface area contributed by atoms with Crippen molar-refractivity contribution in [2.45, 2.75) is 37.0 Å². The second-order valence-electron chi connectivity index (χ2n) is 9.88. The number of nitrogens with one attached hydrogen (secondary N) is 2. The van der Waals surface area contributed by atoms with Crippen LogP contribution in [0.15, 0.2) is 65.6 Å². The SMILES string of the molecule is COc1ccc(CCNC(=O)c2ccccc2NC(=O)c2cc(S(=O)(=O)N3CCCCCC3)ccc2OC)cc1OC. The van der Waals surface area contributed by atoms with Crippen LogP contribution in [0, 0.1) is 0 Å². The Labute approximate surface area is 247 Å². The molecule has 0 spiro atoms. The van der Waals surface area contributed by atoms with Gasteiger partial charge in [-0.15, -0.1) is 0 Å². The minimum absolute atomic E-state index is 0.0246. The summed E-state index contributed by atoms with van der Waals surface area (Å²) >= 11 is 0. The Morgan fingerprint density at radius 1 is 0.762 bits per heavy atom. The number of sulfonamides is 1. The number of rotatable bonds is 11. The molecular weight excluding hydrogens is 558 g/mol. The molecule has 3 aromatic rings. The van der Waals surface area contributed by atoms with E-state index < -0.39 is 15.9 Å². The number of carbonyl (C=O) groups is 2. The standard InChI is InChI=1S/C31H37N3O7S/c1-39-27-15-13-23(42(37,38)34-18-8-4-5-9-19-34)21-25(27)31(36)33-26-11-7-6-10-24(26)30(35)32-17-16-22-12-14-28(40-2)29(20-22)41-3/h6-7,10-15,20-21H,4-5,8-9,16-19H2,1-3H3,(H,32,35)(H,33,36). The molecule has 1 heterocycles. The zero-order valence-corrected chi connectivity index (χ0v) is 25.0. The Hall–Kier alpha value is -4.09. The van der Waals surface area contributed by atoms with Crippen molar-refractivity contribution < 1.29 is 32.2 Å². The molecule has 3 aromatic carbocycles. The molecule has 0 unspecified atom stereocenters. The van der Waals surface area contributed by atoms with Crippen LogP contribution >= 0.6 is 0 Å². The lowest BCUT2D eigenvalue weighted by Gasteiger charge is -2.21. The number of hydrogen-bond donors (Lipinski definition) is 2. The minimum Gasteiger partial charge on any atom is -0.496 e. The Morgan fingerprint density at radius 3 is 2.12 bits per heavy atom. The molecule has 1 aliphatic rings. The molecule has 1 fully saturated rings. The van der Waals surface area contributed by atoms with Crippen molar-refractivity contribution in [3.05, 3.63) is 77.4 Å². The molecule has 0 bridgehead atoms. The number of carbonyl (C=O) groups excluding carboxylic acids is 2. The Kier molecular flexibility index (Phi) is 10.4. The summed E-state index contributed by atoms with van der Waals surface area (Å²) in [7, 11) is 0.761. The van der Waals surface area contributed by atoms with E-state index in [9.17, 15) is 18.0 Å². The van der Waals surface area contributed by atoms with E-state index in [1.165, 1.54) is 29.6 Å². The van der Waals surface area contributed by atoms with Crippen molar-refractivity contribution in [2.75, 3.05) is 46.3 Å². The molecule has 0 aliphatic carbocycles. The highest BCUT2D eigenvalue weighted by atomic mass is 32.2. The maximum Gasteiger partial charge on any atom is 0.259 e. The smallest absolute Gasteiger partial charge is 0.259 e. The van der Waals surface area contributed by atoms with Crippen LogP contribution in [0.2, 0.25) is 0 Å². The quantitative estimate of drug-likeness (QED) is 0.335. The second-order valence-corrected chi connectivity index (χ2v) is 11.8. The number of nitrogens with zero attached hydrogens (tertiary/aromatic N) is 1. The highest BCUT2D eigenvalue weighted by molar-refractivity contribution is 7.89. The van der Waals surface area contributed by atoms with E-state index in [1.807, 2.05) is 18.2 Å². The van der Waals surface area contributed by atoms with Crippen LogP contribution in [0.1, 0.15) is 52.0 Å². The van der Waals surface area contributed by atoms with Gasteiger partial charge in [0.1, 0.15) is 5.75 Å². The lowest BCUT2D eigenvalue weighted by Crippen LogP contribution is -2.32. The molecule has 1 aliphatic heterocycles. The minimum atomic E-state index is -3.78. The van der Waals surface area contributed by atoms with Crippen LogP contribution in [0.3, 0.4) is 0 Å². The van der Waals surface area contributed by atoms with Gasteiger partial charge >= 0.3 is 0 Å². The summed E-state index contributed by atoms with van der Waals surface area (Å²) < 4.78 is 44.2. The average molecular weight is 596 g/mol. The summed E-state index contributed by atoms with van der Waals surface area (Å²) in [5, 5.41) is 5.66. The number of amides is 2. The number of ether oxygens (including phenoxy) is 3. The second kappa shape index (κ2) is 14.2. The molecule has 42 heavy (non-hydrogen) atoms. The molecule has 0 saturated carbocycles. The fourth-order valence-corrected chi connectivity index (χ4v) is 6.43. The predicted molar refractivity (Wildman–Crippen MR) is 160 cm³/mol. The fraction of sp³-hybridized carbons (Fsp3) is 0.355. The van der Waals surface area contributed by atoms with E-state index in [-0.39, 0.29) is 33.4 Å². The zero-order chi connectivity index (χ0) is 30.1. The van der Waals surface area contributed by atoms with Gasteiger partial charge in [-0.2, -0.15) is 4.31 Å². The van der Waals surface area contributed by atoms with Crippen molar-refractivity contribution in [2.24, 2.45) is 0 Å². The van der Waals surface area contributed by atoms with Gasteiger partial charge in [0.25, 0.3) is 11.8 Å². The van der Waals surface area contributed by atoms with Crippen molar-refractivity contribution in [1.82, 2.24) is 9.62 Å². The molecule has 10 nitrogen and oxygen atoms in total. The molecule has 0 radical (unpaired) electrons. The van der Waals surface area contributed by atoms with Crippen molar-refractivity contribution in [1.29, 1.82) is 0 Å². The van der Waals surface area contributed by atoms with Gasteiger partial charge in [-0.25, -0.2) is 8.42 Å². The highest BCUT2D eigenvalue weighted by Gasteiger charge is 2.27. The molecule has 0 atom stereocenters. The van der Waals surface area contributed by atoms with E-state index in [1.54, 1.807) is 38.5 Å². The van der Waals surface area contributed by atoms with Crippen LogP contribution in [0.4, 0.5) is 5.69 Å². The van der Waals surface area contributed by atoms with E-state index in [2.05, 4.69) is 10.6 Å². The van der Waals surface area contributed by atoms with Gasteiger partial charge in [0.15, 0.2) is 11.5 Å². The molecular formula is C31H37N3O7S. The first kappa shape index (κ1) is 30.9. The Morgan fingerprint density at radius 2 is 1.43 bits per heavy atom. The van der Waals surface area contributed by atoms with Crippen LogP contribution < -0.4 is 24.8 Å². The fourth-order valence-electron chi connectivity index (χ4n) is 4.89. The maximum atomic E-state index is 13.4. The molecule has 4 rings (SSSR count). The van der Waals surface area contributed by atoms with Gasteiger partial charge in [0, 0.05) is 19.6 Å². The first-order chi connectivity index (χ1) is 20.3. The van der Waals surface area contributed by atoms with Crippen LogP contribution in [0.5, 0.6) is 17.2 Å². The third-order valence-corrected chi connectivity index (χ3v) is 9.08. The third-order valence-electron chi connectivity index (χ3n) is 7.19. The molecule has 11 heteroatoms. The first-order valence-corrected chi connectivity index (χ1v) is 15.3. The first-order valence-electron chi connectivity index (χ1n) is 13.9. The van der Waals surface area contributed by atoms with Crippen molar-refractivity contribution in [3.63, 3.8) is 0 Å². The lowest BCUT2D eigenvalue weighted by molar-refractivity contribution is 0.0955. The number of para-hydroxylation sites is 1. The van der Waals surface area contributed by atoms with Gasteiger partial charge in [-0.05, 0) is 67.3 Å². The number of methoxy groups -OCH3 is 3. The lowest BCUT2D eigenvalue weighted by atomic mass is 10.1. The summed E-state index contributed by atoms with van der Waals surface area (Å²) in [5.41, 5.74) is 1.56. The Balaban J connectivity index is 1.48. The maximum absolute atomic E-state index is 13.4. The Bertz CT molecular complexity index is 1520. The van der Waals surface area contributed by atoms with E-state index >= 15 is 0 Å². The predicted octanol–water partition coefficient (Wildman–Crippen LogP) is 4.50. The van der Waals surface area contributed by atoms with Gasteiger partial charge in [0.05, 0.1) is 43.0 Å². The van der Waals surface area contributed by atoms with Gasteiger partial charge < -0.3 is 24.8 Å². The van der Waals surface area contributed by atoms with Crippen molar-refractivity contribution >= 4 is 27.5 Å². The number of hydrogen-bond acceptors (Lipinski definition) is 7. The summed E-state index contributed by atoms with van der Waals surface area (Å²) in [6, 6.07) is 16.5. The molecule has 1 saturated heterocycles. The summed E-state index contributed by atoms with van der Waals surface area (Å²) in [6.45, 7) is 1.25. The largest absolute Gasteiger partial charge is 0.496 e. The third kappa shape index (κ3) is 7.21. The molecule has 0 aromatic heterocycles. The van der Waals surface area contributed by atoms with Crippen LogP contribution in [-0.2, 0) is 16.4 Å². The highest BCUT2D eigenvalue weighted by Crippen LogP contribution is 2.29. The molecule has 2 N–H and O–H groups in total. The van der Waals surface area contributed by atoms with Gasteiger partial charge in [-0.3, -0.25) is 9.59 Å². The van der Waals surface area contributed by atoms with Crippen molar-refractivity contribution in [3.8, 4) is 17.2 Å². The average Bonchev–Trinajstić information content (AvgIpc) is 3.31. The van der Waals surface area contributed by atoms with E-state index in [0.29, 0.717) is 37.6 Å². The van der Waals surface area contributed by atoms with Crippen LogP contribution in [-0.4, -0.2) is 65.5 Å². The summed E-state index contributed by atoms with van der Waals surface area (Å²) in [5.74, 6) is 0.491. The zero-order valence-electron chi connectivity index (χ0n) is 24.1. The van der Waals surface area contributed by atoms with Gasteiger partial charge in [-0.1, -0.05) is 31.0 Å². The normalized spacial score (nSPS) is 14.0. The van der Waals surface area contributed by atoms with Crippen LogP contribution in [0.25, 0.3) is 0 Å².